The van der Waals surface area contributed by atoms with E-state index in [2.05, 4.69) is 10.4 Å². The molecule has 4 rings (SSSR count). The summed E-state index contributed by atoms with van der Waals surface area (Å²) in [6.45, 7) is 3.18. The van der Waals surface area contributed by atoms with Gasteiger partial charge in [-0.05, 0) is 42.1 Å². The van der Waals surface area contributed by atoms with Crippen molar-refractivity contribution in [1.82, 2.24) is 14.3 Å². The number of anilines is 1. The Balaban J connectivity index is 1.51. The van der Waals surface area contributed by atoms with Gasteiger partial charge >= 0.3 is 0 Å². The minimum atomic E-state index is -0.275. The monoisotopic (exact) mass is 368 g/mol. The first-order valence-electron chi connectivity index (χ1n) is 8.29. The lowest BCUT2D eigenvalue weighted by molar-refractivity contribution is 0.101. The number of hydrogen-bond acceptors (Lipinski definition) is 3. The molecule has 0 saturated heterocycles. The van der Waals surface area contributed by atoms with Crippen LogP contribution in [0.3, 0.4) is 0 Å². The summed E-state index contributed by atoms with van der Waals surface area (Å²) < 4.78 is 18.0. The third-order valence-electron chi connectivity index (χ3n) is 4.20. The molecule has 3 aromatic heterocycles. The SMILES string of the molecule is CCn1c(C(=O)Nc2cnn(Cc3cccc(F)c3)c2)cc2sccc21. The number of thiophene rings is 1. The third kappa shape index (κ3) is 3.13. The first-order chi connectivity index (χ1) is 12.6. The summed E-state index contributed by atoms with van der Waals surface area (Å²) >= 11 is 1.62. The molecule has 1 N–H and O–H groups in total. The van der Waals surface area contributed by atoms with E-state index < -0.39 is 0 Å². The molecule has 7 heteroatoms. The van der Waals surface area contributed by atoms with Crippen molar-refractivity contribution >= 4 is 33.1 Å². The van der Waals surface area contributed by atoms with Gasteiger partial charge < -0.3 is 9.88 Å². The van der Waals surface area contributed by atoms with Gasteiger partial charge in [0.05, 0.1) is 28.6 Å². The van der Waals surface area contributed by atoms with E-state index >= 15 is 0 Å². The molecule has 0 unspecified atom stereocenters. The zero-order chi connectivity index (χ0) is 18.1. The number of carbonyl (C=O) groups is 1. The van der Waals surface area contributed by atoms with E-state index in [4.69, 9.17) is 0 Å². The summed E-state index contributed by atoms with van der Waals surface area (Å²) in [5.41, 5.74) is 3.13. The number of nitrogens with zero attached hydrogens (tertiary/aromatic N) is 3. The molecule has 0 aliphatic rings. The second-order valence-electron chi connectivity index (χ2n) is 5.95. The first kappa shape index (κ1) is 16.5. The normalized spacial score (nSPS) is 11.2. The lowest BCUT2D eigenvalue weighted by Gasteiger charge is -2.07. The number of nitrogens with one attached hydrogen (secondary N) is 1. The van der Waals surface area contributed by atoms with Gasteiger partial charge in [0.15, 0.2) is 0 Å². The minimum Gasteiger partial charge on any atom is -0.336 e. The molecule has 0 bridgehead atoms. The van der Waals surface area contributed by atoms with Gasteiger partial charge in [0.2, 0.25) is 0 Å². The second-order valence-corrected chi connectivity index (χ2v) is 6.90. The van der Waals surface area contributed by atoms with Crippen LogP contribution >= 0.6 is 11.3 Å². The molecular weight excluding hydrogens is 351 g/mol. The van der Waals surface area contributed by atoms with Gasteiger partial charge in [0.25, 0.3) is 5.91 Å². The molecule has 1 amide bonds. The highest BCUT2D eigenvalue weighted by molar-refractivity contribution is 7.17. The molecule has 0 spiro atoms. The summed E-state index contributed by atoms with van der Waals surface area (Å²) in [7, 11) is 0. The summed E-state index contributed by atoms with van der Waals surface area (Å²) in [5.74, 6) is -0.441. The van der Waals surface area contributed by atoms with Gasteiger partial charge in [-0.3, -0.25) is 9.48 Å². The number of carbonyl (C=O) groups excluding carboxylic acids is 1. The first-order valence-corrected chi connectivity index (χ1v) is 9.17. The Hall–Kier alpha value is -2.93. The molecule has 0 aliphatic heterocycles. The molecular formula is C19H17FN4OS. The molecule has 1 aromatic carbocycles. The van der Waals surface area contributed by atoms with E-state index in [-0.39, 0.29) is 11.7 Å². The minimum absolute atomic E-state index is 0.166. The van der Waals surface area contributed by atoms with Crippen LogP contribution in [0.4, 0.5) is 10.1 Å². The van der Waals surface area contributed by atoms with Crippen LogP contribution in [0.2, 0.25) is 0 Å². The maximum atomic E-state index is 13.3. The van der Waals surface area contributed by atoms with Gasteiger partial charge in [-0.15, -0.1) is 11.3 Å². The van der Waals surface area contributed by atoms with Crippen molar-refractivity contribution in [3.05, 3.63) is 71.2 Å². The van der Waals surface area contributed by atoms with E-state index in [1.54, 1.807) is 34.5 Å². The lowest BCUT2D eigenvalue weighted by Crippen LogP contribution is -2.16. The fourth-order valence-electron chi connectivity index (χ4n) is 3.04. The number of hydrogen-bond donors (Lipinski definition) is 1. The number of benzene rings is 1. The Labute approximate surface area is 153 Å². The smallest absolute Gasteiger partial charge is 0.272 e. The standard InChI is InChI=1S/C19H17FN4OS/c1-2-24-16-6-7-26-18(16)9-17(24)19(25)22-15-10-21-23(12-15)11-13-4-3-5-14(20)8-13/h3-10,12H,2,11H2,1H3,(H,22,25). The van der Waals surface area contributed by atoms with Crippen molar-refractivity contribution in [1.29, 1.82) is 0 Å². The van der Waals surface area contributed by atoms with E-state index in [9.17, 15) is 9.18 Å². The van der Waals surface area contributed by atoms with Crippen LogP contribution in [0, 0.1) is 5.82 Å². The molecule has 4 aromatic rings. The molecule has 5 nitrogen and oxygen atoms in total. The number of amides is 1. The van der Waals surface area contributed by atoms with Gasteiger partial charge in [0, 0.05) is 12.7 Å². The Morgan fingerprint density at radius 2 is 2.19 bits per heavy atom. The number of rotatable bonds is 5. The third-order valence-corrected chi connectivity index (χ3v) is 5.05. The van der Waals surface area contributed by atoms with Crippen LogP contribution in [0.5, 0.6) is 0 Å². The van der Waals surface area contributed by atoms with Crippen LogP contribution in [0.15, 0.2) is 54.2 Å². The Morgan fingerprint density at radius 3 is 3.00 bits per heavy atom. The topological polar surface area (TPSA) is 51.9 Å². The summed E-state index contributed by atoms with van der Waals surface area (Å²) in [5, 5.41) is 9.15. The zero-order valence-electron chi connectivity index (χ0n) is 14.1. The number of aryl methyl sites for hydroxylation is 1. The molecule has 0 atom stereocenters. The van der Waals surface area contributed by atoms with Crippen molar-refractivity contribution in [2.45, 2.75) is 20.0 Å². The highest BCUT2D eigenvalue weighted by atomic mass is 32.1. The molecule has 132 valence electrons. The average molecular weight is 368 g/mol. The van der Waals surface area contributed by atoms with Crippen LogP contribution in [-0.4, -0.2) is 20.3 Å². The fraction of sp³-hybridized carbons (Fsp3) is 0.158. The summed E-state index contributed by atoms with van der Waals surface area (Å²) in [6.07, 6.45) is 3.34. The molecule has 26 heavy (non-hydrogen) atoms. The van der Waals surface area contributed by atoms with E-state index in [1.807, 2.05) is 35.1 Å². The van der Waals surface area contributed by atoms with Crippen LogP contribution in [0.1, 0.15) is 23.0 Å². The summed E-state index contributed by atoms with van der Waals surface area (Å²) in [4.78, 5) is 12.7. The van der Waals surface area contributed by atoms with Gasteiger partial charge in [-0.2, -0.15) is 5.10 Å². The highest BCUT2D eigenvalue weighted by Crippen LogP contribution is 2.25. The van der Waals surface area contributed by atoms with Crippen molar-refractivity contribution in [3.8, 4) is 0 Å². The molecule has 0 aliphatic carbocycles. The molecule has 0 saturated carbocycles. The zero-order valence-corrected chi connectivity index (χ0v) is 15.0. The highest BCUT2D eigenvalue weighted by Gasteiger charge is 2.16. The van der Waals surface area contributed by atoms with Crippen LogP contribution in [0.25, 0.3) is 10.2 Å². The maximum absolute atomic E-state index is 13.3. The van der Waals surface area contributed by atoms with Gasteiger partial charge in [0.1, 0.15) is 11.5 Å². The number of aromatic nitrogens is 3. The van der Waals surface area contributed by atoms with Crippen molar-refractivity contribution < 1.29 is 9.18 Å². The largest absolute Gasteiger partial charge is 0.336 e. The van der Waals surface area contributed by atoms with E-state index in [1.165, 1.54) is 12.1 Å². The van der Waals surface area contributed by atoms with Crippen molar-refractivity contribution in [2.75, 3.05) is 5.32 Å². The van der Waals surface area contributed by atoms with Crippen LogP contribution in [-0.2, 0) is 13.1 Å². The van der Waals surface area contributed by atoms with E-state index in [0.717, 1.165) is 22.3 Å². The fourth-order valence-corrected chi connectivity index (χ4v) is 3.86. The number of fused-ring (bicyclic) bond motifs is 1. The van der Waals surface area contributed by atoms with Gasteiger partial charge in [-0.1, -0.05) is 12.1 Å². The molecule has 0 radical (unpaired) electrons. The van der Waals surface area contributed by atoms with E-state index in [0.29, 0.717) is 17.9 Å². The van der Waals surface area contributed by atoms with Crippen molar-refractivity contribution in [2.24, 2.45) is 0 Å². The molecule has 0 fully saturated rings. The lowest BCUT2D eigenvalue weighted by atomic mass is 10.2. The summed E-state index contributed by atoms with van der Waals surface area (Å²) in [6, 6.07) is 10.3. The predicted molar refractivity (Wildman–Crippen MR) is 101 cm³/mol. The van der Waals surface area contributed by atoms with Gasteiger partial charge in [-0.25, -0.2) is 4.39 Å². The Morgan fingerprint density at radius 1 is 1.31 bits per heavy atom. The predicted octanol–water partition coefficient (Wildman–Crippen LogP) is 4.36. The Bertz CT molecular complexity index is 1080. The maximum Gasteiger partial charge on any atom is 0.272 e. The number of halogens is 1. The quantitative estimate of drug-likeness (QED) is 0.569. The van der Waals surface area contributed by atoms with Crippen molar-refractivity contribution in [3.63, 3.8) is 0 Å². The second kappa shape index (κ2) is 6.76. The van der Waals surface area contributed by atoms with Crippen LogP contribution < -0.4 is 5.32 Å². The Kier molecular flexibility index (Phi) is 4.30. The average Bonchev–Trinajstić information content (AvgIpc) is 3.30. The molecule has 3 heterocycles.